The van der Waals surface area contributed by atoms with Crippen LogP contribution in [0.15, 0.2) is 48.5 Å². The highest BCUT2D eigenvalue weighted by Crippen LogP contribution is 2.24. The average Bonchev–Trinajstić information content (AvgIpc) is 2.80. The molecular weight excluding hydrogens is 424 g/mol. The molecule has 6 nitrogen and oxygen atoms in total. The van der Waals surface area contributed by atoms with Gasteiger partial charge in [0.15, 0.2) is 13.1 Å². The summed E-state index contributed by atoms with van der Waals surface area (Å²) in [4.78, 5) is 25.1. The summed E-state index contributed by atoms with van der Waals surface area (Å²) in [5, 5.41) is 6.11. The van der Waals surface area contributed by atoms with E-state index in [1.165, 1.54) is 38.5 Å². The van der Waals surface area contributed by atoms with Gasteiger partial charge in [0.25, 0.3) is 11.8 Å². The number of quaternary nitrogens is 2. The molecule has 2 fully saturated rings. The zero-order chi connectivity index (χ0) is 24.0. The van der Waals surface area contributed by atoms with Crippen molar-refractivity contribution in [3.8, 4) is 11.1 Å². The maximum Gasteiger partial charge on any atom is 0.279 e. The van der Waals surface area contributed by atoms with Crippen molar-refractivity contribution in [1.29, 1.82) is 0 Å². The summed E-state index contributed by atoms with van der Waals surface area (Å²) in [5.41, 5.74) is 3.82. The summed E-state index contributed by atoms with van der Waals surface area (Å²) in [5.74, 6) is 0.163. The van der Waals surface area contributed by atoms with Gasteiger partial charge in [-0.15, -0.1) is 0 Å². The first-order valence-electron chi connectivity index (χ1n) is 12.8. The van der Waals surface area contributed by atoms with Crippen molar-refractivity contribution in [2.45, 2.75) is 38.5 Å². The van der Waals surface area contributed by atoms with E-state index < -0.39 is 0 Å². The van der Waals surface area contributed by atoms with Crippen LogP contribution in [0.4, 0.5) is 11.4 Å². The Morgan fingerprint density at radius 3 is 1.24 bits per heavy atom. The second kappa shape index (κ2) is 10.7. The Hall–Kier alpha value is -2.70. The van der Waals surface area contributed by atoms with E-state index in [4.69, 9.17) is 0 Å². The summed E-state index contributed by atoms with van der Waals surface area (Å²) in [6, 6.07) is 16.0. The molecule has 34 heavy (non-hydrogen) atoms. The van der Waals surface area contributed by atoms with Crippen LogP contribution in [0.25, 0.3) is 11.1 Å². The highest BCUT2D eigenvalue weighted by Gasteiger charge is 2.28. The van der Waals surface area contributed by atoms with Crippen LogP contribution in [0, 0.1) is 0 Å². The van der Waals surface area contributed by atoms with E-state index in [2.05, 4.69) is 24.7 Å². The van der Waals surface area contributed by atoms with Gasteiger partial charge >= 0.3 is 0 Å². The van der Waals surface area contributed by atoms with E-state index in [0.717, 1.165) is 57.6 Å². The summed E-state index contributed by atoms with van der Waals surface area (Å²) in [6.07, 6.45) is 7.39. The zero-order valence-electron chi connectivity index (χ0n) is 20.8. The number of hydrogen-bond donors (Lipinski definition) is 2. The SMILES string of the molecule is C[N+]1(CC(=O)Nc2ccc(-c3ccc(NC(=O)C[N+]4(C)CCCCC4)cc3)cc2)CCCCC1. The fraction of sp³-hybridized carbons (Fsp3) is 0.500. The van der Waals surface area contributed by atoms with Crippen LogP contribution in [-0.2, 0) is 9.59 Å². The van der Waals surface area contributed by atoms with Crippen LogP contribution in [0.1, 0.15) is 38.5 Å². The monoisotopic (exact) mass is 464 g/mol. The minimum Gasteiger partial charge on any atom is -0.321 e. The van der Waals surface area contributed by atoms with Crippen molar-refractivity contribution in [2.75, 3.05) is 64.0 Å². The van der Waals surface area contributed by atoms with Crippen molar-refractivity contribution < 1.29 is 18.6 Å². The number of carbonyl (C=O) groups excluding carboxylic acids is 2. The molecule has 2 aromatic carbocycles. The van der Waals surface area contributed by atoms with Gasteiger partial charge in [-0.1, -0.05) is 24.3 Å². The molecule has 2 amide bonds. The lowest BCUT2D eigenvalue weighted by molar-refractivity contribution is -0.906. The standard InChI is InChI=1S/C28H38N4O2/c1-31(17-5-3-6-18-31)21-27(33)29-25-13-9-23(10-14-25)24-11-15-26(16-12-24)30-28(34)22-32(2)19-7-4-8-20-32/h9-16H,3-8,17-22H2,1-2H3/p+2. The number of hydrogen-bond acceptors (Lipinski definition) is 2. The number of likely N-dealkylation sites (tertiary alicyclic amines) is 2. The highest BCUT2D eigenvalue weighted by atomic mass is 16.2. The van der Waals surface area contributed by atoms with E-state index in [9.17, 15) is 9.59 Å². The van der Waals surface area contributed by atoms with Crippen molar-refractivity contribution in [3.63, 3.8) is 0 Å². The summed E-state index contributed by atoms with van der Waals surface area (Å²) >= 11 is 0. The van der Waals surface area contributed by atoms with Gasteiger partial charge in [-0.25, -0.2) is 0 Å². The lowest BCUT2D eigenvalue weighted by Gasteiger charge is -2.37. The Bertz CT molecular complexity index is 891. The predicted octanol–water partition coefficient (Wildman–Crippen LogP) is 4.49. The van der Waals surface area contributed by atoms with E-state index in [1.807, 2.05) is 48.5 Å². The maximum atomic E-state index is 12.5. The third kappa shape index (κ3) is 6.67. The topological polar surface area (TPSA) is 58.2 Å². The number of nitrogens with one attached hydrogen (secondary N) is 2. The molecule has 0 unspecified atom stereocenters. The maximum absolute atomic E-state index is 12.5. The third-order valence-corrected chi connectivity index (χ3v) is 7.51. The Balaban J connectivity index is 1.29. The molecule has 0 radical (unpaired) electrons. The molecule has 0 spiro atoms. The number of likely N-dealkylation sites (N-methyl/N-ethyl adjacent to an activating group) is 2. The quantitative estimate of drug-likeness (QED) is 0.593. The Labute approximate surface area is 204 Å². The average molecular weight is 465 g/mol. The molecule has 182 valence electrons. The van der Waals surface area contributed by atoms with Gasteiger partial charge in [-0.05, 0) is 73.9 Å². The number of piperidine rings is 2. The van der Waals surface area contributed by atoms with Crippen molar-refractivity contribution in [1.82, 2.24) is 0 Å². The molecule has 2 aromatic rings. The van der Waals surface area contributed by atoms with E-state index >= 15 is 0 Å². The molecule has 0 aromatic heterocycles. The second-order valence-corrected chi connectivity index (χ2v) is 10.8. The molecule has 0 atom stereocenters. The first-order valence-corrected chi connectivity index (χ1v) is 12.8. The van der Waals surface area contributed by atoms with Crippen molar-refractivity contribution in [3.05, 3.63) is 48.5 Å². The minimum absolute atomic E-state index is 0.0814. The molecule has 2 aliphatic heterocycles. The summed E-state index contributed by atoms with van der Waals surface area (Å²) in [6.45, 7) is 5.41. The molecule has 0 bridgehead atoms. The fourth-order valence-corrected chi connectivity index (χ4v) is 5.45. The lowest BCUT2D eigenvalue weighted by atomic mass is 10.0. The van der Waals surface area contributed by atoms with Crippen LogP contribution in [-0.4, -0.2) is 74.1 Å². The van der Waals surface area contributed by atoms with Gasteiger partial charge in [0.05, 0.1) is 40.3 Å². The molecule has 6 heteroatoms. The Morgan fingerprint density at radius 1 is 0.588 bits per heavy atom. The molecular formula is C28H40N4O2+2. The van der Waals surface area contributed by atoms with Gasteiger partial charge in [-0.3, -0.25) is 9.59 Å². The number of amides is 2. The van der Waals surface area contributed by atoms with Crippen LogP contribution in [0.5, 0.6) is 0 Å². The summed E-state index contributed by atoms with van der Waals surface area (Å²) < 4.78 is 1.68. The lowest BCUT2D eigenvalue weighted by Crippen LogP contribution is -2.52. The van der Waals surface area contributed by atoms with Gasteiger partial charge in [-0.2, -0.15) is 0 Å². The molecule has 2 saturated heterocycles. The molecule has 0 saturated carbocycles. The van der Waals surface area contributed by atoms with Crippen LogP contribution < -0.4 is 10.6 Å². The normalized spacial score (nSPS) is 19.2. The molecule has 2 heterocycles. The van der Waals surface area contributed by atoms with Gasteiger partial charge < -0.3 is 19.6 Å². The van der Waals surface area contributed by atoms with Crippen LogP contribution >= 0.6 is 0 Å². The fourth-order valence-electron chi connectivity index (χ4n) is 5.45. The predicted molar refractivity (Wildman–Crippen MR) is 138 cm³/mol. The van der Waals surface area contributed by atoms with E-state index in [-0.39, 0.29) is 11.8 Å². The zero-order valence-corrected chi connectivity index (χ0v) is 20.8. The number of carbonyl (C=O) groups is 2. The smallest absolute Gasteiger partial charge is 0.279 e. The second-order valence-electron chi connectivity index (χ2n) is 10.8. The Morgan fingerprint density at radius 2 is 0.912 bits per heavy atom. The van der Waals surface area contributed by atoms with Gasteiger partial charge in [0.2, 0.25) is 0 Å². The first kappa shape index (κ1) is 24.4. The first-order chi connectivity index (χ1) is 16.3. The van der Waals surface area contributed by atoms with E-state index in [1.54, 1.807) is 0 Å². The molecule has 2 N–H and O–H groups in total. The Kier molecular flexibility index (Phi) is 7.69. The van der Waals surface area contributed by atoms with Gasteiger partial charge in [0.1, 0.15) is 0 Å². The number of anilines is 2. The number of rotatable bonds is 7. The molecule has 4 rings (SSSR count). The summed E-state index contributed by atoms with van der Waals surface area (Å²) in [7, 11) is 4.37. The minimum atomic E-state index is 0.0814. The molecule has 2 aliphatic rings. The van der Waals surface area contributed by atoms with Crippen LogP contribution in [0.2, 0.25) is 0 Å². The number of benzene rings is 2. The van der Waals surface area contributed by atoms with Gasteiger partial charge in [0, 0.05) is 11.4 Å². The largest absolute Gasteiger partial charge is 0.321 e. The van der Waals surface area contributed by atoms with Crippen LogP contribution in [0.3, 0.4) is 0 Å². The molecule has 0 aliphatic carbocycles. The highest BCUT2D eigenvalue weighted by molar-refractivity contribution is 5.92. The number of nitrogens with zero attached hydrogens (tertiary/aromatic N) is 2. The van der Waals surface area contributed by atoms with Crippen molar-refractivity contribution >= 4 is 23.2 Å². The van der Waals surface area contributed by atoms with E-state index in [0.29, 0.717) is 13.1 Å². The third-order valence-electron chi connectivity index (χ3n) is 7.51. The van der Waals surface area contributed by atoms with Crippen molar-refractivity contribution in [2.24, 2.45) is 0 Å².